The second kappa shape index (κ2) is 54.3. The zero-order valence-electron chi connectivity index (χ0n) is 71.1. The van der Waals surface area contributed by atoms with Crippen molar-refractivity contribution in [2.75, 3.05) is 173 Å². The predicted octanol–water partition coefficient (Wildman–Crippen LogP) is 22.3. The van der Waals surface area contributed by atoms with Crippen LogP contribution in [-0.2, 0) is 72.5 Å². The summed E-state index contributed by atoms with van der Waals surface area (Å²) in [4.78, 5) is 52.2. The normalized spacial score (nSPS) is 15.6. The third-order valence-corrected chi connectivity index (χ3v) is 27.0. The fraction of sp³-hybridized carbons (Fsp3) is 0.464. The van der Waals surface area contributed by atoms with Gasteiger partial charge in [0.1, 0.15) is 36.7 Å². The standard InChI is InChI=1S/C15H15F3N4O4S.C15H15F3N4O2S.C12H13ClF3NS.2C12H14F3NOS.C8H6F4O.C5H10S.C3H3N3O2.2CH4.ClH/c16-15(17,18)12-2-1-11(10-21-4-3-19-14(21)22(23)24)13(9-12)20-5-7-27(25,26)8-6-20;16-15(17,18)12-2-1-11(10-21-4-3-19-14(21)22(23)24)13(9-12)20-5-7-25-8-6-20;13-8-9-1-2-10(12(14,15)16)7-11(9)17-3-5-18-6-4-17;1-17-11-3-2-9(12(13,14)15)8-10(11)16-4-6-18-7-5-16;13-12(14,15)10-2-1-9(8-17)11(7-10)16-3-5-18-6-4-16;1-13-7-3-2-5(4-6(7)9)8(10,11)12;1-2-4-6-5-3-1;7-6(8)3-4-1-2-5-3;;;/h1-4,9H,5-8,10H2;1-4,9H,5-8,10H2;1-2,7H,3-6,8H2;2-3,8H,4-7H2,1H3;1-2,7,17H,3-6,8H2;2-4H,1H3;1-5H2;1-2H,(H,4,5);2*1H4;1H. The highest BCUT2D eigenvalue weighted by atomic mass is 35.5. The van der Waals surface area contributed by atoms with Crippen molar-refractivity contribution in [1.29, 1.82) is 0 Å². The largest absolute Gasteiger partial charge is 0.495 e. The Kier molecular flexibility index (Phi) is 46.8. The van der Waals surface area contributed by atoms with E-state index in [2.05, 4.69) is 36.4 Å². The molecule has 3 aromatic heterocycles. The number of halogens is 21. The van der Waals surface area contributed by atoms with Crippen molar-refractivity contribution in [2.45, 2.75) is 96.7 Å². The Balaban J connectivity index is 0.000000282. The molecule has 0 spiro atoms. The lowest BCUT2D eigenvalue weighted by molar-refractivity contribution is -0.396. The summed E-state index contributed by atoms with van der Waals surface area (Å²) in [5, 5.41) is 41.0. The smallest absolute Gasteiger partial charge is 0.434 e. The van der Waals surface area contributed by atoms with Crippen LogP contribution < -0.4 is 34.0 Å². The van der Waals surface area contributed by atoms with Crippen LogP contribution in [0.3, 0.4) is 0 Å². The van der Waals surface area contributed by atoms with Crippen LogP contribution >= 0.6 is 82.8 Å². The van der Waals surface area contributed by atoms with Crippen molar-refractivity contribution >= 4 is 139 Å². The Hall–Kier alpha value is -9.34. The van der Waals surface area contributed by atoms with Gasteiger partial charge in [0, 0.05) is 157 Å². The van der Waals surface area contributed by atoms with Crippen molar-refractivity contribution in [3.05, 3.63) is 238 Å². The van der Waals surface area contributed by atoms with E-state index >= 15 is 0 Å². The van der Waals surface area contributed by atoms with E-state index in [0.29, 0.717) is 64.3 Å². The van der Waals surface area contributed by atoms with Crippen LogP contribution in [0.15, 0.2) is 146 Å². The van der Waals surface area contributed by atoms with Crippen LogP contribution in [0, 0.1) is 36.2 Å². The highest BCUT2D eigenvalue weighted by Crippen LogP contribution is 2.43. The summed E-state index contributed by atoms with van der Waals surface area (Å²) >= 11 is 15.1. The number of nitrogens with one attached hydrogen (secondary N) is 1. The number of methoxy groups -OCH3 is 2. The molecule has 0 amide bonds. The first-order valence-electron chi connectivity index (χ1n) is 40.2. The molecular weight excluding hydrogens is 2010 g/mol. The van der Waals surface area contributed by atoms with E-state index in [0.717, 1.165) is 152 Å². The number of anilines is 5. The molecular formula is C84H99Cl2F19N14O11S6. The number of rotatable bonds is 16. The number of aromatic nitrogens is 6. The Morgan fingerprint density at radius 1 is 0.412 bits per heavy atom. The lowest BCUT2D eigenvalue weighted by Crippen LogP contribution is -2.40. The molecule has 25 nitrogen and oxygen atoms in total. The first-order valence-corrected chi connectivity index (χ1v) is 48.3. The lowest BCUT2D eigenvalue weighted by atomic mass is 10.1. The number of hydrogen-bond acceptors (Lipinski definition) is 24. The van der Waals surface area contributed by atoms with Gasteiger partial charge in [-0.1, -0.05) is 60.5 Å². The van der Waals surface area contributed by atoms with Gasteiger partial charge in [-0.05, 0) is 130 Å². The zero-order chi connectivity index (χ0) is 97.7. The molecule has 0 atom stereocenters. The summed E-state index contributed by atoms with van der Waals surface area (Å²) in [6.07, 6.45) is -14.0. The molecule has 9 aromatic rings. The maximum Gasteiger partial charge on any atom is 0.434 e. The van der Waals surface area contributed by atoms with Gasteiger partial charge in [-0.15, -0.1) is 24.0 Å². The fourth-order valence-corrected chi connectivity index (χ4v) is 19.4. The number of aliphatic hydroxyl groups is 1. The summed E-state index contributed by atoms with van der Waals surface area (Å²) in [6.45, 7) is 5.69. The summed E-state index contributed by atoms with van der Waals surface area (Å²) in [7, 11) is -0.548. The number of H-pyrrole nitrogens is 1. The van der Waals surface area contributed by atoms with Gasteiger partial charge in [0.25, 0.3) is 0 Å². The summed E-state index contributed by atoms with van der Waals surface area (Å²) in [5.41, 5.74) is 0.163. The van der Waals surface area contributed by atoms with Crippen LogP contribution in [0.1, 0.15) is 89.8 Å². The monoisotopic (exact) mass is 2100 g/mol. The fourth-order valence-electron chi connectivity index (χ4n) is 13.4. The van der Waals surface area contributed by atoms with E-state index in [-0.39, 0.29) is 101 Å². The predicted molar refractivity (Wildman–Crippen MR) is 499 cm³/mol. The lowest BCUT2D eigenvalue weighted by Gasteiger charge is -2.31. The highest BCUT2D eigenvalue weighted by molar-refractivity contribution is 8.00. The number of imidazole rings is 3. The molecule has 6 aliphatic rings. The minimum atomic E-state index is -4.56. The van der Waals surface area contributed by atoms with Gasteiger partial charge in [-0.2, -0.15) is 138 Å². The first-order chi connectivity index (χ1) is 62.7. The summed E-state index contributed by atoms with van der Waals surface area (Å²) in [6, 6.07) is 19.7. The third kappa shape index (κ3) is 36.1. The molecule has 6 fully saturated rings. The van der Waals surface area contributed by atoms with Gasteiger partial charge < -0.3 is 69.4 Å². The molecule has 9 heterocycles. The minimum Gasteiger partial charge on any atom is -0.495 e. The number of alkyl halides is 19. The number of nitro groups is 3. The molecule has 0 aliphatic carbocycles. The van der Waals surface area contributed by atoms with E-state index in [9.17, 15) is 127 Å². The molecule has 6 saturated heterocycles. The van der Waals surface area contributed by atoms with Gasteiger partial charge in [0.15, 0.2) is 21.4 Å². The molecule has 6 aromatic carbocycles. The number of aromatic amines is 1. The number of thioether (sulfide) groups is 5. The molecule has 6 aliphatic heterocycles. The maximum absolute atomic E-state index is 13.1. The number of nitrogens with zero attached hydrogens (tertiary/aromatic N) is 13. The number of benzene rings is 6. The highest BCUT2D eigenvalue weighted by Gasteiger charge is 2.39. The number of aliphatic hydroxyl groups excluding tert-OH is 1. The van der Waals surface area contributed by atoms with Crippen LogP contribution in [0.25, 0.3) is 0 Å². The minimum absolute atomic E-state index is 0. The van der Waals surface area contributed by atoms with Gasteiger partial charge in [-0.25, -0.2) is 26.9 Å². The van der Waals surface area contributed by atoms with Crippen molar-refractivity contribution in [3.63, 3.8) is 0 Å². The van der Waals surface area contributed by atoms with Crippen LogP contribution in [0.2, 0.25) is 0 Å². The first kappa shape index (κ1) is 117. The second-order valence-corrected chi connectivity index (χ2v) is 37.7. The van der Waals surface area contributed by atoms with Gasteiger partial charge in [0.05, 0.1) is 90.7 Å². The van der Waals surface area contributed by atoms with Gasteiger partial charge >= 0.3 is 54.9 Å². The Morgan fingerprint density at radius 2 is 0.713 bits per heavy atom. The quantitative estimate of drug-likeness (QED) is 0.0393. The summed E-state index contributed by atoms with van der Waals surface area (Å²) < 4.78 is 277. The Morgan fingerprint density at radius 3 is 1.00 bits per heavy atom. The van der Waals surface area contributed by atoms with Crippen molar-refractivity contribution in [2.24, 2.45) is 0 Å². The molecule has 0 saturated carbocycles. The Labute approximate surface area is 803 Å². The number of hydrogen-bond donors (Lipinski definition) is 2. The molecule has 0 radical (unpaired) electrons. The van der Waals surface area contributed by atoms with Crippen molar-refractivity contribution < 1.29 is 121 Å². The van der Waals surface area contributed by atoms with Gasteiger partial charge in [-0.3, -0.25) is 0 Å². The van der Waals surface area contributed by atoms with Crippen LogP contribution in [-0.4, -0.2) is 206 Å². The third-order valence-electron chi connectivity index (χ3n) is 20.2. The maximum atomic E-state index is 13.1. The zero-order valence-corrected chi connectivity index (χ0v) is 77.6. The topological polar surface area (TPSA) is 283 Å². The van der Waals surface area contributed by atoms with E-state index in [1.54, 1.807) is 28.4 Å². The van der Waals surface area contributed by atoms with E-state index in [1.165, 1.54) is 134 Å². The Bertz CT molecular complexity index is 5120. The molecule has 0 bridgehead atoms. The van der Waals surface area contributed by atoms with E-state index in [4.69, 9.17) is 16.3 Å². The average Bonchev–Trinajstić information content (AvgIpc) is 1.09. The molecule has 136 heavy (non-hydrogen) atoms. The van der Waals surface area contributed by atoms with Crippen molar-refractivity contribution in [1.82, 2.24) is 29.1 Å². The second-order valence-electron chi connectivity index (χ2n) is 29.0. The number of sulfone groups is 1. The average molecular weight is 2110 g/mol. The molecule has 754 valence electrons. The number of ether oxygens (including phenoxy) is 2. The SMILES string of the molecule is C.C.C1CCSCC1.COc1ccc(C(F)(F)F)cc1F.COc1ccc(C(F)(F)F)cc1N1CCSCC1.Cl.FC(F)(F)c1ccc(CCl)c(N2CCSCC2)c1.O=[N+]([O-])c1ncc[nH]1.O=[N+]([O-])c1nccn1Cc1ccc(C(F)(F)F)cc1N1CCS(=O)(=O)CC1.O=[N+]([O-])c1nccn1Cc1ccc(C(F)(F)F)cc1N1CCSCC1.OCc1ccc(C(F)(F)F)cc1N1CCSCC1. The molecule has 52 heteroatoms. The van der Waals surface area contributed by atoms with Gasteiger partial charge in [0.2, 0.25) is 0 Å². The van der Waals surface area contributed by atoms with Crippen LogP contribution in [0.5, 0.6) is 11.5 Å². The van der Waals surface area contributed by atoms with Crippen molar-refractivity contribution in [3.8, 4) is 11.5 Å². The van der Waals surface area contributed by atoms with Crippen LogP contribution in [0.4, 0.5) is 130 Å². The van der Waals surface area contributed by atoms with E-state index in [1.807, 2.05) is 43.1 Å². The molecule has 2 N–H and O–H groups in total. The van der Waals surface area contributed by atoms with E-state index < -0.39 is 107 Å². The molecule has 15 rings (SSSR count). The summed E-state index contributed by atoms with van der Waals surface area (Å²) in [5.74, 6) is 8.27. The molecule has 0 unspecified atom stereocenters.